The number of thiazole rings is 1. The minimum absolute atomic E-state index is 0.0183. The highest BCUT2D eigenvalue weighted by molar-refractivity contribution is 7.11. The van der Waals surface area contributed by atoms with E-state index in [1.54, 1.807) is 5.51 Å². The van der Waals surface area contributed by atoms with Crippen molar-refractivity contribution in [3.05, 3.63) is 33.1 Å². The summed E-state index contributed by atoms with van der Waals surface area (Å²) >= 11 is 1.40. The van der Waals surface area contributed by atoms with Crippen LogP contribution in [0.3, 0.4) is 0 Å². The van der Waals surface area contributed by atoms with Gasteiger partial charge in [-0.2, -0.15) is 0 Å². The Labute approximate surface area is 162 Å². The monoisotopic (exact) mass is 388 g/mol. The molecule has 0 radical (unpaired) electrons. The number of aryl methyl sites for hydroxylation is 3. The van der Waals surface area contributed by atoms with E-state index in [1.165, 1.54) is 11.3 Å². The fourth-order valence-corrected chi connectivity index (χ4v) is 4.98. The first-order chi connectivity index (χ1) is 12.9. The lowest BCUT2D eigenvalue weighted by Crippen LogP contribution is -2.44. The lowest BCUT2D eigenvalue weighted by Gasteiger charge is -2.38. The van der Waals surface area contributed by atoms with E-state index in [9.17, 15) is 9.59 Å². The molecule has 1 spiro atoms. The minimum Gasteiger partial charge on any atom is -0.361 e. The van der Waals surface area contributed by atoms with Gasteiger partial charge in [-0.3, -0.25) is 9.59 Å². The third-order valence-corrected chi connectivity index (χ3v) is 6.90. The Balaban J connectivity index is 1.41. The smallest absolute Gasteiger partial charge is 0.265 e. The molecule has 0 saturated carbocycles. The average molecular weight is 388 g/mol. The van der Waals surface area contributed by atoms with Gasteiger partial charge >= 0.3 is 0 Å². The quantitative estimate of drug-likeness (QED) is 0.808. The van der Waals surface area contributed by atoms with Gasteiger partial charge in [-0.15, -0.1) is 11.3 Å². The zero-order valence-corrected chi connectivity index (χ0v) is 16.8. The van der Waals surface area contributed by atoms with E-state index in [-0.39, 0.29) is 17.2 Å². The summed E-state index contributed by atoms with van der Waals surface area (Å²) in [6.45, 7) is 8.37. The molecule has 0 N–H and O–H groups in total. The molecule has 0 aliphatic carbocycles. The summed E-state index contributed by atoms with van der Waals surface area (Å²) in [4.78, 5) is 34.1. The first-order valence-electron chi connectivity index (χ1n) is 9.27. The third kappa shape index (κ3) is 3.26. The largest absolute Gasteiger partial charge is 0.361 e. The van der Waals surface area contributed by atoms with E-state index >= 15 is 0 Å². The highest BCUT2D eigenvalue weighted by Crippen LogP contribution is 2.42. The number of amides is 2. The van der Waals surface area contributed by atoms with E-state index in [0.29, 0.717) is 26.1 Å². The molecule has 4 rings (SSSR count). The molecular weight excluding hydrogens is 364 g/mol. The first kappa shape index (κ1) is 18.2. The molecule has 0 aromatic carbocycles. The van der Waals surface area contributed by atoms with Crippen molar-refractivity contribution in [3.8, 4) is 0 Å². The van der Waals surface area contributed by atoms with Crippen LogP contribution in [0.4, 0.5) is 0 Å². The predicted molar refractivity (Wildman–Crippen MR) is 100 cm³/mol. The van der Waals surface area contributed by atoms with Crippen molar-refractivity contribution in [2.75, 3.05) is 19.6 Å². The van der Waals surface area contributed by atoms with Crippen LogP contribution in [0.5, 0.6) is 0 Å². The van der Waals surface area contributed by atoms with Gasteiger partial charge in [-0.25, -0.2) is 4.98 Å². The zero-order valence-electron chi connectivity index (χ0n) is 15.9. The molecule has 2 aromatic rings. The molecule has 2 amide bonds. The SMILES string of the molecule is Cc1ncsc1C(=O)N1CCC2(CC1)CC(=O)N(Cc1c(C)noc1C)C2. The van der Waals surface area contributed by atoms with Gasteiger partial charge in [0.1, 0.15) is 10.6 Å². The topological polar surface area (TPSA) is 79.5 Å². The van der Waals surface area contributed by atoms with Gasteiger partial charge in [0.2, 0.25) is 5.91 Å². The second kappa shape index (κ2) is 6.74. The zero-order chi connectivity index (χ0) is 19.2. The van der Waals surface area contributed by atoms with Gasteiger partial charge in [0.05, 0.1) is 23.4 Å². The normalized spacial score (nSPS) is 19.3. The number of hydrogen-bond donors (Lipinski definition) is 0. The summed E-state index contributed by atoms with van der Waals surface area (Å²) in [5.74, 6) is 1.04. The molecule has 2 aromatic heterocycles. The van der Waals surface area contributed by atoms with Gasteiger partial charge in [-0.05, 0) is 33.6 Å². The molecule has 8 heteroatoms. The lowest BCUT2D eigenvalue weighted by atomic mass is 9.77. The predicted octanol–water partition coefficient (Wildman–Crippen LogP) is 2.71. The Morgan fingerprint density at radius 1 is 1.26 bits per heavy atom. The van der Waals surface area contributed by atoms with Crippen LogP contribution in [-0.2, 0) is 11.3 Å². The third-order valence-electron chi connectivity index (χ3n) is 5.99. The van der Waals surface area contributed by atoms with E-state index in [2.05, 4.69) is 10.1 Å². The van der Waals surface area contributed by atoms with Crippen LogP contribution < -0.4 is 0 Å². The van der Waals surface area contributed by atoms with Crippen LogP contribution in [0, 0.1) is 26.2 Å². The Morgan fingerprint density at radius 3 is 2.59 bits per heavy atom. The van der Waals surface area contributed by atoms with E-state index in [4.69, 9.17) is 4.52 Å². The van der Waals surface area contributed by atoms with Crippen LogP contribution in [0.2, 0.25) is 0 Å². The molecule has 2 fully saturated rings. The molecule has 0 atom stereocenters. The van der Waals surface area contributed by atoms with Crippen LogP contribution >= 0.6 is 11.3 Å². The van der Waals surface area contributed by atoms with Gasteiger partial charge in [0, 0.05) is 37.0 Å². The van der Waals surface area contributed by atoms with Gasteiger partial charge in [-0.1, -0.05) is 5.16 Å². The maximum atomic E-state index is 12.7. The van der Waals surface area contributed by atoms with E-state index in [1.807, 2.05) is 30.6 Å². The highest BCUT2D eigenvalue weighted by atomic mass is 32.1. The molecule has 4 heterocycles. The van der Waals surface area contributed by atoms with Crippen molar-refractivity contribution in [3.63, 3.8) is 0 Å². The second-order valence-electron chi connectivity index (χ2n) is 7.79. The van der Waals surface area contributed by atoms with Gasteiger partial charge in [0.25, 0.3) is 5.91 Å². The Bertz CT molecular complexity index is 860. The highest BCUT2D eigenvalue weighted by Gasteiger charge is 2.45. The lowest BCUT2D eigenvalue weighted by molar-refractivity contribution is -0.128. The first-order valence-corrected chi connectivity index (χ1v) is 10.2. The summed E-state index contributed by atoms with van der Waals surface area (Å²) in [7, 11) is 0. The molecule has 2 aliphatic heterocycles. The number of aromatic nitrogens is 2. The second-order valence-corrected chi connectivity index (χ2v) is 8.64. The Kier molecular flexibility index (Phi) is 4.53. The molecule has 7 nitrogen and oxygen atoms in total. The molecule has 0 bridgehead atoms. The molecule has 2 saturated heterocycles. The summed E-state index contributed by atoms with van der Waals surface area (Å²) in [5, 5.41) is 3.99. The van der Waals surface area contributed by atoms with Crippen molar-refractivity contribution in [2.24, 2.45) is 5.41 Å². The summed E-state index contributed by atoms with van der Waals surface area (Å²) in [5.41, 5.74) is 4.36. The van der Waals surface area contributed by atoms with Crippen molar-refractivity contribution >= 4 is 23.2 Å². The van der Waals surface area contributed by atoms with Gasteiger partial charge in [0.15, 0.2) is 0 Å². The fraction of sp³-hybridized carbons (Fsp3) is 0.579. The molecule has 0 unspecified atom stereocenters. The number of hydrogen-bond acceptors (Lipinski definition) is 6. The number of carbonyl (C=O) groups is 2. The van der Waals surface area contributed by atoms with Gasteiger partial charge < -0.3 is 14.3 Å². The number of nitrogens with zero attached hydrogens (tertiary/aromatic N) is 4. The number of likely N-dealkylation sites (tertiary alicyclic amines) is 2. The van der Waals surface area contributed by atoms with Crippen LogP contribution in [0.25, 0.3) is 0 Å². The summed E-state index contributed by atoms with van der Waals surface area (Å²) < 4.78 is 5.23. The summed E-state index contributed by atoms with van der Waals surface area (Å²) in [6.07, 6.45) is 2.29. The van der Waals surface area contributed by atoms with Crippen molar-refractivity contribution in [2.45, 2.75) is 46.6 Å². The minimum atomic E-state index is -0.0183. The number of carbonyl (C=O) groups excluding carboxylic acids is 2. The molecule has 2 aliphatic rings. The van der Waals surface area contributed by atoms with E-state index in [0.717, 1.165) is 47.0 Å². The maximum Gasteiger partial charge on any atom is 0.265 e. The fourth-order valence-electron chi connectivity index (χ4n) is 4.21. The van der Waals surface area contributed by atoms with E-state index < -0.39 is 0 Å². The molecule has 27 heavy (non-hydrogen) atoms. The van der Waals surface area contributed by atoms with Crippen molar-refractivity contribution in [1.29, 1.82) is 0 Å². The van der Waals surface area contributed by atoms with Crippen molar-refractivity contribution < 1.29 is 14.1 Å². The Hall–Kier alpha value is -2.22. The average Bonchev–Trinajstić information content (AvgIpc) is 3.29. The van der Waals surface area contributed by atoms with Crippen LogP contribution in [0.15, 0.2) is 10.0 Å². The maximum absolute atomic E-state index is 12.7. The van der Waals surface area contributed by atoms with Crippen molar-refractivity contribution in [1.82, 2.24) is 19.9 Å². The van der Waals surface area contributed by atoms with Crippen LogP contribution in [-0.4, -0.2) is 51.4 Å². The summed E-state index contributed by atoms with van der Waals surface area (Å²) in [6, 6.07) is 0. The van der Waals surface area contributed by atoms with Crippen LogP contribution in [0.1, 0.15) is 51.6 Å². The number of rotatable bonds is 3. The molecular formula is C19H24N4O3S. The standard InChI is InChI=1S/C19H24N4O3S/c1-12-15(14(3)26-21-12)9-23-10-19(8-16(23)24)4-6-22(7-5-19)18(25)17-13(2)20-11-27-17/h11H,4-10H2,1-3H3. The number of piperidine rings is 1. The Morgan fingerprint density at radius 2 is 2.00 bits per heavy atom. The molecule has 144 valence electrons.